The summed E-state index contributed by atoms with van der Waals surface area (Å²) in [7, 11) is 0. The van der Waals surface area contributed by atoms with Gasteiger partial charge < -0.3 is 10.2 Å². The van der Waals surface area contributed by atoms with Gasteiger partial charge in [-0.25, -0.2) is 0 Å². The molecule has 0 unspecified atom stereocenters. The second-order valence-electron chi connectivity index (χ2n) is 6.20. The number of pyridine rings is 1. The highest BCUT2D eigenvalue weighted by atomic mass is 35.5. The molecule has 6 heteroatoms. The highest BCUT2D eigenvalue weighted by Gasteiger charge is 2.14. The lowest BCUT2D eigenvalue weighted by Crippen LogP contribution is -2.34. The normalized spacial score (nSPS) is 10.5. The van der Waals surface area contributed by atoms with Gasteiger partial charge in [0.15, 0.2) is 5.11 Å². The number of anilines is 1. The third-order valence-corrected chi connectivity index (χ3v) is 5.11. The van der Waals surface area contributed by atoms with Gasteiger partial charge in [0.1, 0.15) is 0 Å². The van der Waals surface area contributed by atoms with E-state index in [1.165, 1.54) is 0 Å². The predicted octanol–water partition coefficient (Wildman–Crippen LogP) is 6.10. The Morgan fingerprint density at radius 3 is 2.63 bits per heavy atom. The molecule has 0 spiro atoms. The molecule has 0 bridgehead atoms. The molecule has 0 aliphatic rings. The van der Waals surface area contributed by atoms with Crippen LogP contribution in [0.1, 0.15) is 16.7 Å². The Bertz CT molecular complexity index is 932. The SMILES string of the molecule is Cc1ccc(Cl)cc1NC(=S)N(Cc1cccnc1)Cc1ccccc1Cl. The van der Waals surface area contributed by atoms with Crippen molar-refractivity contribution in [3.05, 3.63) is 93.7 Å². The molecule has 0 aliphatic heterocycles. The van der Waals surface area contributed by atoms with Crippen LogP contribution in [0.3, 0.4) is 0 Å². The third kappa shape index (κ3) is 5.42. The maximum absolute atomic E-state index is 6.36. The maximum atomic E-state index is 6.36. The van der Waals surface area contributed by atoms with E-state index in [0.29, 0.717) is 23.2 Å². The zero-order chi connectivity index (χ0) is 19.2. The first kappa shape index (κ1) is 19.6. The number of nitrogens with one attached hydrogen (secondary N) is 1. The van der Waals surface area contributed by atoms with Crippen LogP contribution in [-0.4, -0.2) is 15.0 Å². The molecule has 0 saturated carbocycles. The molecule has 0 amide bonds. The number of nitrogens with zero attached hydrogens (tertiary/aromatic N) is 2. The van der Waals surface area contributed by atoms with Gasteiger partial charge in [0.05, 0.1) is 0 Å². The van der Waals surface area contributed by atoms with Crippen molar-refractivity contribution in [2.75, 3.05) is 5.32 Å². The smallest absolute Gasteiger partial charge is 0.174 e. The maximum Gasteiger partial charge on any atom is 0.174 e. The van der Waals surface area contributed by atoms with Crippen LogP contribution in [0.25, 0.3) is 0 Å². The summed E-state index contributed by atoms with van der Waals surface area (Å²) in [6.07, 6.45) is 3.60. The fourth-order valence-electron chi connectivity index (χ4n) is 2.67. The summed E-state index contributed by atoms with van der Waals surface area (Å²) >= 11 is 18.2. The van der Waals surface area contributed by atoms with Crippen molar-refractivity contribution in [1.82, 2.24) is 9.88 Å². The first-order valence-corrected chi connectivity index (χ1v) is 9.64. The molecule has 0 aliphatic carbocycles. The number of aryl methyl sites for hydroxylation is 1. The van der Waals surface area contributed by atoms with Crippen molar-refractivity contribution in [2.24, 2.45) is 0 Å². The summed E-state index contributed by atoms with van der Waals surface area (Å²) in [5.74, 6) is 0. The van der Waals surface area contributed by atoms with E-state index in [4.69, 9.17) is 35.4 Å². The molecule has 27 heavy (non-hydrogen) atoms. The number of hydrogen-bond acceptors (Lipinski definition) is 2. The molecule has 2 aromatic carbocycles. The predicted molar refractivity (Wildman–Crippen MR) is 117 cm³/mol. The van der Waals surface area contributed by atoms with Gasteiger partial charge in [-0.2, -0.15) is 0 Å². The van der Waals surface area contributed by atoms with Crippen LogP contribution in [0.2, 0.25) is 10.0 Å². The number of rotatable bonds is 5. The summed E-state index contributed by atoms with van der Waals surface area (Å²) in [6, 6.07) is 17.4. The van der Waals surface area contributed by atoms with E-state index < -0.39 is 0 Å². The van der Waals surface area contributed by atoms with Gasteiger partial charge in [-0.05, 0) is 60.1 Å². The van der Waals surface area contributed by atoms with E-state index in [-0.39, 0.29) is 0 Å². The molecule has 138 valence electrons. The summed E-state index contributed by atoms with van der Waals surface area (Å²) in [5.41, 5.74) is 4.04. The number of benzene rings is 2. The van der Waals surface area contributed by atoms with E-state index in [1.54, 1.807) is 6.20 Å². The van der Waals surface area contributed by atoms with E-state index >= 15 is 0 Å². The first-order valence-electron chi connectivity index (χ1n) is 8.47. The Morgan fingerprint density at radius 1 is 1.07 bits per heavy atom. The van der Waals surface area contributed by atoms with E-state index in [1.807, 2.05) is 67.7 Å². The minimum Gasteiger partial charge on any atom is -0.340 e. The lowest BCUT2D eigenvalue weighted by molar-refractivity contribution is 0.412. The van der Waals surface area contributed by atoms with Gasteiger partial charge >= 0.3 is 0 Å². The number of halogens is 2. The standard InChI is InChI=1S/C21H19Cl2N3S/c1-15-8-9-18(22)11-20(15)25-21(27)26(13-16-5-4-10-24-12-16)14-17-6-2-3-7-19(17)23/h2-12H,13-14H2,1H3,(H,25,27). The highest BCUT2D eigenvalue weighted by molar-refractivity contribution is 7.80. The monoisotopic (exact) mass is 415 g/mol. The van der Waals surface area contributed by atoms with Gasteiger partial charge in [0, 0.05) is 41.2 Å². The van der Waals surface area contributed by atoms with E-state index in [9.17, 15) is 0 Å². The summed E-state index contributed by atoms with van der Waals surface area (Å²) in [5, 5.41) is 5.30. The van der Waals surface area contributed by atoms with Crippen molar-refractivity contribution in [1.29, 1.82) is 0 Å². The lowest BCUT2D eigenvalue weighted by Gasteiger charge is -2.27. The Labute approximate surface area is 175 Å². The molecular weight excluding hydrogens is 397 g/mol. The number of aromatic nitrogens is 1. The third-order valence-electron chi connectivity index (χ3n) is 4.14. The second-order valence-corrected chi connectivity index (χ2v) is 7.43. The van der Waals surface area contributed by atoms with Crippen LogP contribution in [-0.2, 0) is 13.1 Å². The molecule has 3 aromatic rings. The quantitative estimate of drug-likeness (QED) is 0.509. The average Bonchev–Trinajstić information content (AvgIpc) is 2.66. The molecule has 3 nitrogen and oxygen atoms in total. The van der Waals surface area contributed by atoms with Gasteiger partial charge in [-0.1, -0.05) is 53.5 Å². The molecule has 0 saturated heterocycles. The minimum absolute atomic E-state index is 0.583. The molecule has 3 rings (SSSR count). The Morgan fingerprint density at radius 2 is 1.89 bits per heavy atom. The first-order chi connectivity index (χ1) is 13.0. The zero-order valence-electron chi connectivity index (χ0n) is 14.8. The van der Waals surface area contributed by atoms with Gasteiger partial charge in [-0.15, -0.1) is 0 Å². The van der Waals surface area contributed by atoms with E-state index in [2.05, 4.69) is 15.2 Å². The highest BCUT2D eigenvalue weighted by Crippen LogP contribution is 2.23. The van der Waals surface area contributed by atoms with Crippen molar-refractivity contribution < 1.29 is 0 Å². The molecule has 1 heterocycles. The van der Waals surface area contributed by atoms with Crippen molar-refractivity contribution in [3.63, 3.8) is 0 Å². The lowest BCUT2D eigenvalue weighted by atomic mass is 10.2. The molecule has 0 radical (unpaired) electrons. The largest absolute Gasteiger partial charge is 0.340 e. The van der Waals surface area contributed by atoms with E-state index in [0.717, 1.165) is 27.4 Å². The van der Waals surface area contributed by atoms with Crippen molar-refractivity contribution in [3.8, 4) is 0 Å². The molecular formula is C21H19Cl2N3S. The molecule has 0 atom stereocenters. The van der Waals surface area contributed by atoms with Gasteiger partial charge in [-0.3, -0.25) is 4.98 Å². The minimum atomic E-state index is 0.583. The fraction of sp³-hybridized carbons (Fsp3) is 0.143. The van der Waals surface area contributed by atoms with Crippen LogP contribution in [0.15, 0.2) is 67.0 Å². The van der Waals surface area contributed by atoms with Crippen LogP contribution in [0, 0.1) is 6.92 Å². The Balaban J connectivity index is 1.85. The second kappa shape index (κ2) is 9.18. The summed E-state index contributed by atoms with van der Waals surface area (Å²) in [4.78, 5) is 6.26. The van der Waals surface area contributed by atoms with Crippen LogP contribution < -0.4 is 5.32 Å². The van der Waals surface area contributed by atoms with Crippen LogP contribution in [0.4, 0.5) is 5.69 Å². The molecule has 1 aromatic heterocycles. The number of hydrogen-bond donors (Lipinski definition) is 1. The van der Waals surface area contributed by atoms with Gasteiger partial charge in [0.2, 0.25) is 0 Å². The zero-order valence-corrected chi connectivity index (χ0v) is 17.2. The summed E-state index contributed by atoms with van der Waals surface area (Å²) < 4.78 is 0. The average molecular weight is 416 g/mol. The van der Waals surface area contributed by atoms with Crippen molar-refractivity contribution >= 4 is 46.2 Å². The van der Waals surface area contributed by atoms with Crippen molar-refractivity contribution in [2.45, 2.75) is 20.0 Å². The van der Waals surface area contributed by atoms with Gasteiger partial charge in [0.25, 0.3) is 0 Å². The van der Waals surface area contributed by atoms with Crippen LogP contribution >= 0.6 is 35.4 Å². The Kier molecular flexibility index (Phi) is 6.67. The fourth-order valence-corrected chi connectivity index (χ4v) is 3.27. The Hall–Kier alpha value is -2.14. The molecule has 1 N–H and O–H groups in total. The molecule has 0 fully saturated rings. The summed E-state index contributed by atoms with van der Waals surface area (Å²) in [6.45, 7) is 3.21. The van der Waals surface area contributed by atoms with Crippen LogP contribution in [0.5, 0.6) is 0 Å². The topological polar surface area (TPSA) is 28.2 Å². The number of thiocarbonyl (C=S) groups is 1.